The van der Waals surface area contributed by atoms with Crippen LogP contribution in [-0.4, -0.2) is 39.0 Å². The number of ether oxygens (including phenoxy) is 3. The van der Waals surface area contributed by atoms with Crippen LogP contribution in [-0.2, 0) is 19.0 Å². The average Bonchev–Trinajstić information content (AvgIpc) is 2.52. The van der Waals surface area contributed by atoms with Crippen molar-refractivity contribution in [3.63, 3.8) is 0 Å². The Morgan fingerprint density at radius 2 is 1.18 bits per heavy atom. The van der Waals surface area contributed by atoms with Gasteiger partial charge in [0, 0.05) is 13.0 Å². The van der Waals surface area contributed by atoms with Crippen molar-refractivity contribution in [2.45, 2.75) is 78.1 Å². The molecule has 0 aromatic rings. The van der Waals surface area contributed by atoms with E-state index in [0.717, 1.165) is 25.9 Å². The van der Waals surface area contributed by atoms with Crippen LogP contribution in [0.5, 0.6) is 0 Å². The van der Waals surface area contributed by atoms with Gasteiger partial charge in [-0.1, -0.05) is 58.8 Å². The molecule has 0 aliphatic carbocycles. The zero-order valence-electron chi connectivity index (χ0n) is 14.7. The highest BCUT2D eigenvalue weighted by atomic mass is 16.6. The molecule has 0 amide bonds. The van der Waals surface area contributed by atoms with E-state index in [1.165, 1.54) is 38.5 Å². The summed E-state index contributed by atoms with van der Waals surface area (Å²) in [4.78, 5) is 11.4. The molecule has 0 unspecified atom stereocenters. The molecule has 0 rings (SSSR count). The van der Waals surface area contributed by atoms with Crippen LogP contribution in [0.4, 0.5) is 0 Å². The van der Waals surface area contributed by atoms with Crippen LogP contribution in [0.25, 0.3) is 0 Å². The molecule has 0 heterocycles. The highest BCUT2D eigenvalue weighted by molar-refractivity contribution is 5.69. The third-order valence-corrected chi connectivity index (χ3v) is 3.49. The molecule has 0 aliphatic heterocycles. The minimum Gasteiger partial charge on any atom is -0.463 e. The summed E-state index contributed by atoms with van der Waals surface area (Å²) >= 11 is 0. The molecule has 0 atom stereocenters. The van der Waals surface area contributed by atoms with Gasteiger partial charge in [-0.15, -0.1) is 0 Å². The summed E-state index contributed by atoms with van der Waals surface area (Å²) in [6, 6.07) is 0. The van der Waals surface area contributed by atoms with Crippen molar-refractivity contribution in [1.82, 2.24) is 0 Å². The normalized spacial score (nSPS) is 10.8. The monoisotopic (exact) mass is 316 g/mol. The van der Waals surface area contributed by atoms with Gasteiger partial charge < -0.3 is 14.2 Å². The molecule has 0 fully saturated rings. The Bertz CT molecular complexity index is 231. The van der Waals surface area contributed by atoms with Crippen LogP contribution in [0.3, 0.4) is 0 Å². The molecule has 0 radical (unpaired) electrons. The summed E-state index contributed by atoms with van der Waals surface area (Å²) in [5.41, 5.74) is 0. The second-order valence-corrected chi connectivity index (χ2v) is 5.67. The molecule has 0 saturated carbocycles. The molecule has 132 valence electrons. The van der Waals surface area contributed by atoms with E-state index < -0.39 is 0 Å². The molecule has 0 spiro atoms. The Morgan fingerprint density at radius 3 is 1.86 bits per heavy atom. The molecule has 0 N–H and O–H groups in total. The zero-order chi connectivity index (χ0) is 16.3. The fourth-order valence-electron chi connectivity index (χ4n) is 2.11. The van der Waals surface area contributed by atoms with E-state index in [4.69, 9.17) is 14.2 Å². The van der Waals surface area contributed by atoms with Gasteiger partial charge in [-0.3, -0.25) is 4.79 Å². The van der Waals surface area contributed by atoms with E-state index in [0.29, 0.717) is 32.8 Å². The molecule has 0 saturated heterocycles. The van der Waals surface area contributed by atoms with Crippen molar-refractivity contribution in [3.8, 4) is 0 Å². The number of esters is 1. The molecular weight excluding hydrogens is 280 g/mol. The third kappa shape index (κ3) is 17.4. The van der Waals surface area contributed by atoms with Gasteiger partial charge in [-0.05, 0) is 12.8 Å². The number of carbonyl (C=O) groups is 1. The fraction of sp³-hybridized carbons (Fsp3) is 0.944. The van der Waals surface area contributed by atoms with Crippen molar-refractivity contribution in [3.05, 3.63) is 0 Å². The average molecular weight is 316 g/mol. The second-order valence-electron chi connectivity index (χ2n) is 5.67. The first kappa shape index (κ1) is 21.4. The van der Waals surface area contributed by atoms with Crippen molar-refractivity contribution in [1.29, 1.82) is 0 Å². The lowest BCUT2D eigenvalue weighted by atomic mass is 10.1. The summed E-state index contributed by atoms with van der Waals surface area (Å²) in [5, 5.41) is 0. The van der Waals surface area contributed by atoms with Gasteiger partial charge in [-0.25, -0.2) is 0 Å². The Balaban J connectivity index is 3.10. The van der Waals surface area contributed by atoms with Crippen LogP contribution in [0, 0.1) is 0 Å². The van der Waals surface area contributed by atoms with Gasteiger partial charge in [0.1, 0.15) is 6.61 Å². The smallest absolute Gasteiger partial charge is 0.305 e. The standard InChI is InChI=1S/C18H36O4/c1-3-5-7-9-10-12-18(19)22-17-16-21-15-14-20-13-11-8-6-4-2/h3-17H2,1-2H3. The number of hydrogen-bond acceptors (Lipinski definition) is 4. The topological polar surface area (TPSA) is 44.8 Å². The predicted molar refractivity (Wildman–Crippen MR) is 90.1 cm³/mol. The van der Waals surface area contributed by atoms with Gasteiger partial charge >= 0.3 is 5.97 Å². The molecular formula is C18H36O4. The largest absolute Gasteiger partial charge is 0.463 e. The van der Waals surface area contributed by atoms with Crippen molar-refractivity contribution in [2.24, 2.45) is 0 Å². The van der Waals surface area contributed by atoms with E-state index >= 15 is 0 Å². The maximum absolute atomic E-state index is 11.4. The fourth-order valence-corrected chi connectivity index (χ4v) is 2.11. The first-order valence-electron chi connectivity index (χ1n) is 9.12. The van der Waals surface area contributed by atoms with Crippen molar-refractivity contribution >= 4 is 5.97 Å². The van der Waals surface area contributed by atoms with Crippen molar-refractivity contribution < 1.29 is 19.0 Å². The van der Waals surface area contributed by atoms with E-state index in [1.807, 2.05) is 0 Å². The number of rotatable bonds is 17. The SMILES string of the molecule is CCCCCCCC(=O)OCCOCCOCCCCCC. The van der Waals surface area contributed by atoms with Gasteiger partial charge in [0.15, 0.2) is 0 Å². The lowest BCUT2D eigenvalue weighted by molar-refractivity contribution is -0.145. The summed E-state index contributed by atoms with van der Waals surface area (Å²) < 4.78 is 15.9. The number of carbonyl (C=O) groups excluding carboxylic acids is 1. The highest BCUT2D eigenvalue weighted by Crippen LogP contribution is 2.05. The molecule has 22 heavy (non-hydrogen) atoms. The summed E-state index contributed by atoms with van der Waals surface area (Å²) in [5.74, 6) is -0.104. The molecule has 4 nitrogen and oxygen atoms in total. The van der Waals surface area contributed by atoms with Crippen LogP contribution in [0.2, 0.25) is 0 Å². The second kappa shape index (κ2) is 18.4. The Morgan fingerprint density at radius 1 is 0.636 bits per heavy atom. The minimum atomic E-state index is -0.104. The quantitative estimate of drug-likeness (QED) is 0.293. The van der Waals surface area contributed by atoms with Crippen LogP contribution in [0.15, 0.2) is 0 Å². The van der Waals surface area contributed by atoms with E-state index in [2.05, 4.69) is 13.8 Å². The Kier molecular flexibility index (Phi) is 17.9. The first-order chi connectivity index (χ1) is 10.8. The van der Waals surface area contributed by atoms with Crippen LogP contribution < -0.4 is 0 Å². The van der Waals surface area contributed by atoms with Gasteiger partial charge in [-0.2, -0.15) is 0 Å². The number of unbranched alkanes of at least 4 members (excludes halogenated alkanes) is 7. The van der Waals surface area contributed by atoms with Gasteiger partial charge in [0.25, 0.3) is 0 Å². The summed E-state index contributed by atoms with van der Waals surface area (Å²) in [6.45, 7) is 7.21. The lowest BCUT2D eigenvalue weighted by Crippen LogP contribution is -2.13. The zero-order valence-corrected chi connectivity index (χ0v) is 14.7. The Labute approximate surface area is 136 Å². The summed E-state index contributed by atoms with van der Waals surface area (Å²) in [6.07, 6.45) is 11.2. The lowest BCUT2D eigenvalue weighted by Gasteiger charge is -2.07. The van der Waals surface area contributed by atoms with Gasteiger partial charge in [0.05, 0.1) is 19.8 Å². The minimum absolute atomic E-state index is 0.104. The summed E-state index contributed by atoms with van der Waals surface area (Å²) in [7, 11) is 0. The van der Waals surface area contributed by atoms with E-state index in [-0.39, 0.29) is 5.97 Å². The van der Waals surface area contributed by atoms with E-state index in [9.17, 15) is 4.79 Å². The molecule has 0 aliphatic rings. The van der Waals surface area contributed by atoms with Crippen LogP contribution >= 0.6 is 0 Å². The van der Waals surface area contributed by atoms with Crippen LogP contribution in [0.1, 0.15) is 78.1 Å². The highest BCUT2D eigenvalue weighted by Gasteiger charge is 2.02. The van der Waals surface area contributed by atoms with Crippen molar-refractivity contribution in [2.75, 3.05) is 33.0 Å². The molecule has 0 aromatic heterocycles. The molecule has 4 heteroatoms. The first-order valence-corrected chi connectivity index (χ1v) is 9.12. The molecule has 0 bridgehead atoms. The maximum atomic E-state index is 11.4. The predicted octanol–water partition coefficient (Wildman–Crippen LogP) is 4.50. The Hall–Kier alpha value is -0.610. The molecule has 0 aromatic carbocycles. The van der Waals surface area contributed by atoms with Gasteiger partial charge in [0.2, 0.25) is 0 Å². The number of hydrogen-bond donors (Lipinski definition) is 0. The maximum Gasteiger partial charge on any atom is 0.305 e. The van der Waals surface area contributed by atoms with E-state index in [1.54, 1.807) is 0 Å². The third-order valence-electron chi connectivity index (χ3n) is 3.49.